The fourth-order valence-corrected chi connectivity index (χ4v) is 1.03. The molecule has 1 aromatic heterocycles. The van der Waals surface area contributed by atoms with E-state index in [0.29, 0.717) is 0 Å². The van der Waals surface area contributed by atoms with Gasteiger partial charge in [0.05, 0.1) is 11.7 Å². The van der Waals surface area contributed by atoms with E-state index in [1.54, 1.807) is 4.68 Å². The van der Waals surface area contributed by atoms with Crippen molar-refractivity contribution in [3.05, 3.63) is 11.3 Å². The van der Waals surface area contributed by atoms with E-state index in [4.69, 9.17) is 17.3 Å². The maximum Gasteiger partial charge on any atom is 0.410 e. The predicted molar refractivity (Wildman–Crippen MR) is 52.4 cm³/mol. The molecule has 1 amide bonds. The van der Waals surface area contributed by atoms with Gasteiger partial charge in [-0.25, -0.2) is 4.79 Å². The van der Waals surface area contributed by atoms with Crippen molar-refractivity contribution in [2.75, 3.05) is 0 Å². The fraction of sp³-hybridized carbons (Fsp3) is 0.500. The second-order valence-corrected chi connectivity index (χ2v) is 4.18. The number of nitrogens with two attached hydrogens (primary N) is 1. The van der Waals surface area contributed by atoms with Crippen molar-refractivity contribution in [3.63, 3.8) is 0 Å². The normalized spacial score (nSPS) is 11.4. The van der Waals surface area contributed by atoms with Gasteiger partial charge in [-0.05, 0) is 20.8 Å². The second kappa shape index (κ2) is 3.49. The molecule has 6 heteroatoms. The summed E-state index contributed by atoms with van der Waals surface area (Å²) in [5.74, 6) is 0.175. The molecule has 0 aliphatic heterocycles. The average Bonchev–Trinajstić information content (AvgIpc) is 2.30. The molecule has 1 rings (SSSR count). The zero-order valence-electron chi connectivity index (χ0n) is 8.24. The Hall–Kier alpha value is -1.23. The molecule has 78 valence electrons. The largest absolute Gasteiger partial charge is 0.410 e. The smallest absolute Gasteiger partial charge is 0.405 e. The third-order valence-corrected chi connectivity index (χ3v) is 1.80. The van der Waals surface area contributed by atoms with Crippen molar-refractivity contribution < 1.29 is 9.53 Å². The first kappa shape index (κ1) is 10.8. The van der Waals surface area contributed by atoms with Gasteiger partial charge >= 0.3 is 6.09 Å². The quantitative estimate of drug-likeness (QED) is 0.779. The Morgan fingerprint density at radius 1 is 1.64 bits per heavy atom. The van der Waals surface area contributed by atoms with Crippen LogP contribution in [0.5, 0.6) is 5.75 Å². The van der Waals surface area contributed by atoms with Crippen molar-refractivity contribution in [1.29, 1.82) is 0 Å². The molecule has 0 saturated heterocycles. The molecule has 2 N–H and O–H groups in total. The van der Waals surface area contributed by atoms with Crippen molar-refractivity contribution in [2.45, 2.75) is 26.3 Å². The monoisotopic (exact) mass is 217 g/mol. The number of amides is 1. The number of carbonyl (C=O) groups is 1. The molecule has 0 aliphatic carbocycles. The molecule has 0 radical (unpaired) electrons. The lowest BCUT2D eigenvalue weighted by atomic mass is 10.1. The summed E-state index contributed by atoms with van der Waals surface area (Å²) in [5, 5.41) is 4.11. The lowest BCUT2D eigenvalue weighted by Gasteiger charge is -2.18. The third kappa shape index (κ3) is 2.38. The van der Waals surface area contributed by atoms with Crippen LogP contribution in [0.4, 0.5) is 4.79 Å². The minimum atomic E-state index is -0.902. The Kier molecular flexibility index (Phi) is 2.71. The first-order valence-electron chi connectivity index (χ1n) is 4.03. The molecule has 0 aromatic carbocycles. The molecule has 14 heavy (non-hydrogen) atoms. The molecule has 0 atom stereocenters. The SMILES string of the molecule is CC(C)(C)n1cc(OC(N)=O)c(Cl)n1. The Morgan fingerprint density at radius 3 is 2.57 bits per heavy atom. The number of hydrogen-bond donors (Lipinski definition) is 1. The van der Waals surface area contributed by atoms with Crippen LogP contribution < -0.4 is 10.5 Å². The summed E-state index contributed by atoms with van der Waals surface area (Å²) in [7, 11) is 0. The van der Waals surface area contributed by atoms with Gasteiger partial charge < -0.3 is 10.5 Å². The van der Waals surface area contributed by atoms with Gasteiger partial charge in [-0.2, -0.15) is 5.10 Å². The average molecular weight is 218 g/mol. The van der Waals surface area contributed by atoms with E-state index >= 15 is 0 Å². The minimum absolute atomic E-state index is 0.124. The van der Waals surface area contributed by atoms with Crippen molar-refractivity contribution >= 4 is 17.7 Å². The molecule has 0 fully saturated rings. The van der Waals surface area contributed by atoms with E-state index in [2.05, 4.69) is 9.84 Å². The topological polar surface area (TPSA) is 70.1 Å². The summed E-state index contributed by atoms with van der Waals surface area (Å²) >= 11 is 5.73. The van der Waals surface area contributed by atoms with Crippen molar-refractivity contribution in [2.24, 2.45) is 5.73 Å². The highest BCUT2D eigenvalue weighted by molar-refractivity contribution is 6.30. The number of rotatable bonds is 1. The molecule has 0 bridgehead atoms. The summed E-state index contributed by atoms with van der Waals surface area (Å²) in [6.45, 7) is 5.85. The number of halogens is 1. The molecular formula is C8H12ClN3O2. The Balaban J connectivity index is 2.99. The van der Waals surface area contributed by atoms with Gasteiger partial charge in [-0.15, -0.1) is 0 Å². The number of carbonyl (C=O) groups excluding carboxylic acids is 1. The lowest BCUT2D eigenvalue weighted by molar-refractivity contribution is 0.210. The molecular weight excluding hydrogens is 206 g/mol. The highest BCUT2D eigenvalue weighted by Gasteiger charge is 2.18. The van der Waals surface area contributed by atoms with Crippen LogP contribution in [0.15, 0.2) is 6.20 Å². The summed E-state index contributed by atoms with van der Waals surface area (Å²) in [6.07, 6.45) is 0.632. The minimum Gasteiger partial charge on any atom is -0.405 e. The number of ether oxygens (including phenoxy) is 1. The fourth-order valence-electron chi connectivity index (χ4n) is 0.858. The van der Waals surface area contributed by atoms with Gasteiger partial charge in [0.2, 0.25) is 0 Å². The van der Waals surface area contributed by atoms with Crippen molar-refractivity contribution in [1.82, 2.24) is 9.78 Å². The van der Waals surface area contributed by atoms with Crippen LogP contribution in [0, 0.1) is 0 Å². The van der Waals surface area contributed by atoms with Gasteiger partial charge in [0.1, 0.15) is 0 Å². The number of nitrogens with zero attached hydrogens (tertiary/aromatic N) is 2. The maximum absolute atomic E-state index is 10.5. The van der Waals surface area contributed by atoms with Gasteiger partial charge in [0.25, 0.3) is 0 Å². The van der Waals surface area contributed by atoms with Gasteiger partial charge in [-0.1, -0.05) is 11.6 Å². The van der Waals surface area contributed by atoms with Crippen LogP contribution in [0.2, 0.25) is 5.15 Å². The number of primary amides is 1. The van der Waals surface area contributed by atoms with Crippen LogP contribution >= 0.6 is 11.6 Å². The number of aromatic nitrogens is 2. The van der Waals surface area contributed by atoms with Crippen LogP contribution in [0.1, 0.15) is 20.8 Å². The van der Waals surface area contributed by atoms with E-state index in [0.717, 1.165) is 0 Å². The molecule has 5 nitrogen and oxygen atoms in total. The van der Waals surface area contributed by atoms with Gasteiger partial charge in [0, 0.05) is 0 Å². The maximum atomic E-state index is 10.5. The number of hydrogen-bond acceptors (Lipinski definition) is 3. The molecule has 0 saturated carbocycles. The highest BCUT2D eigenvalue weighted by atomic mass is 35.5. The Labute approximate surface area is 86.8 Å². The molecule has 1 heterocycles. The van der Waals surface area contributed by atoms with Crippen LogP contribution in [-0.4, -0.2) is 15.9 Å². The summed E-state index contributed by atoms with van der Waals surface area (Å²) < 4.78 is 6.25. The summed E-state index contributed by atoms with van der Waals surface area (Å²) in [4.78, 5) is 10.5. The van der Waals surface area contributed by atoms with Crippen molar-refractivity contribution in [3.8, 4) is 5.75 Å². The first-order chi connectivity index (χ1) is 6.30. The second-order valence-electron chi connectivity index (χ2n) is 3.82. The molecule has 0 unspecified atom stereocenters. The van der Waals surface area contributed by atoms with E-state index < -0.39 is 6.09 Å². The molecule has 0 spiro atoms. The van der Waals surface area contributed by atoms with E-state index in [9.17, 15) is 4.79 Å². The summed E-state index contributed by atoms with van der Waals surface area (Å²) in [5.41, 5.74) is 4.64. The zero-order chi connectivity index (χ0) is 10.9. The standard InChI is InChI=1S/C8H12ClN3O2/c1-8(2,3)12-4-5(6(9)11-12)14-7(10)13/h4H,1-3H3,(H2,10,13). The Bertz CT molecular complexity index is 354. The van der Waals surface area contributed by atoms with Gasteiger partial charge in [-0.3, -0.25) is 4.68 Å². The first-order valence-corrected chi connectivity index (χ1v) is 4.41. The predicted octanol–water partition coefficient (Wildman–Crippen LogP) is 1.75. The van der Waals surface area contributed by atoms with Gasteiger partial charge in [0.15, 0.2) is 10.9 Å². The summed E-state index contributed by atoms with van der Waals surface area (Å²) in [6, 6.07) is 0. The van der Waals surface area contributed by atoms with E-state index in [1.165, 1.54) is 6.20 Å². The van der Waals surface area contributed by atoms with Crippen LogP contribution in [-0.2, 0) is 5.54 Å². The van der Waals surface area contributed by atoms with E-state index in [-0.39, 0.29) is 16.4 Å². The molecule has 0 aliphatic rings. The van der Waals surface area contributed by atoms with Crippen LogP contribution in [0.3, 0.4) is 0 Å². The molecule has 1 aromatic rings. The van der Waals surface area contributed by atoms with E-state index in [1.807, 2.05) is 20.8 Å². The third-order valence-electron chi connectivity index (χ3n) is 1.54. The Morgan fingerprint density at radius 2 is 2.21 bits per heavy atom. The zero-order valence-corrected chi connectivity index (χ0v) is 9.00. The lowest BCUT2D eigenvalue weighted by Crippen LogP contribution is -2.22. The highest BCUT2D eigenvalue weighted by Crippen LogP contribution is 2.25. The van der Waals surface area contributed by atoms with Crippen LogP contribution in [0.25, 0.3) is 0 Å².